The van der Waals surface area contributed by atoms with Gasteiger partial charge in [-0.3, -0.25) is 14.2 Å². The van der Waals surface area contributed by atoms with Crippen LogP contribution >= 0.6 is 0 Å². The van der Waals surface area contributed by atoms with E-state index in [9.17, 15) is 9.90 Å². The molecule has 4 rings (SSSR count). The van der Waals surface area contributed by atoms with E-state index in [1.54, 1.807) is 23.0 Å². The third-order valence-corrected chi connectivity index (χ3v) is 5.09. The molecule has 32 heavy (non-hydrogen) atoms. The van der Waals surface area contributed by atoms with Crippen LogP contribution in [0.1, 0.15) is 24.3 Å². The summed E-state index contributed by atoms with van der Waals surface area (Å²) in [5.74, 6) is -0.631. The Morgan fingerprint density at radius 1 is 1.12 bits per heavy atom. The predicted molar refractivity (Wildman–Crippen MR) is 126 cm³/mol. The van der Waals surface area contributed by atoms with Crippen LogP contribution < -0.4 is 5.32 Å². The first-order valence-corrected chi connectivity index (χ1v) is 10.4. The smallest absolute Gasteiger partial charge is 0.275 e. The summed E-state index contributed by atoms with van der Waals surface area (Å²) in [6.45, 7) is 4.22. The van der Waals surface area contributed by atoms with Gasteiger partial charge in [0, 0.05) is 36.3 Å². The van der Waals surface area contributed by atoms with E-state index in [1.807, 2.05) is 80.6 Å². The molecule has 2 N–H and O–H groups in total. The molecule has 6 heteroatoms. The molecule has 0 atom stereocenters. The maximum atomic E-state index is 12.8. The maximum Gasteiger partial charge on any atom is 0.275 e. The number of imidazole rings is 1. The van der Waals surface area contributed by atoms with Crippen molar-refractivity contribution in [2.24, 2.45) is 0 Å². The van der Waals surface area contributed by atoms with Gasteiger partial charge in [0.05, 0.1) is 0 Å². The third-order valence-electron chi connectivity index (χ3n) is 5.09. The van der Waals surface area contributed by atoms with Gasteiger partial charge in [0.25, 0.3) is 5.91 Å². The van der Waals surface area contributed by atoms with Gasteiger partial charge in [-0.25, -0.2) is 4.98 Å². The molecule has 160 valence electrons. The second-order valence-electron chi connectivity index (χ2n) is 7.45. The van der Waals surface area contributed by atoms with Gasteiger partial charge in [0.2, 0.25) is 5.88 Å². The summed E-state index contributed by atoms with van der Waals surface area (Å²) >= 11 is 0. The number of hydrogen-bond acceptors (Lipinski definition) is 4. The number of amides is 1. The molecule has 0 aliphatic carbocycles. The number of benzene rings is 1. The lowest BCUT2D eigenvalue weighted by molar-refractivity contribution is 0.0949. The van der Waals surface area contributed by atoms with Gasteiger partial charge in [0.15, 0.2) is 5.69 Å². The Morgan fingerprint density at radius 2 is 1.91 bits per heavy atom. The normalized spacial score (nSPS) is 11.9. The van der Waals surface area contributed by atoms with Crippen LogP contribution in [-0.4, -0.2) is 31.9 Å². The molecular weight excluding hydrogens is 400 g/mol. The number of carbonyl (C=O) groups is 1. The van der Waals surface area contributed by atoms with E-state index in [2.05, 4.69) is 15.3 Å². The molecule has 1 aromatic carbocycles. The number of fused-ring (bicyclic) bond motifs is 1. The summed E-state index contributed by atoms with van der Waals surface area (Å²) in [7, 11) is 0. The first-order valence-electron chi connectivity index (χ1n) is 10.4. The molecule has 3 aromatic heterocycles. The van der Waals surface area contributed by atoms with Gasteiger partial charge < -0.3 is 10.4 Å². The van der Waals surface area contributed by atoms with Gasteiger partial charge in [0.1, 0.15) is 5.65 Å². The van der Waals surface area contributed by atoms with E-state index < -0.39 is 5.91 Å². The molecular formula is C26H24N4O2. The molecule has 1 amide bonds. The van der Waals surface area contributed by atoms with Crippen LogP contribution in [0.25, 0.3) is 27.9 Å². The SMILES string of the molecule is C/C=C\C=C(/C)CNC(=O)c1nc2c(-c3cccnc3)cc(-c3ccccc3)cn2c1O. The van der Waals surface area contributed by atoms with Crippen molar-refractivity contribution in [2.45, 2.75) is 13.8 Å². The molecule has 0 saturated carbocycles. The molecule has 6 nitrogen and oxygen atoms in total. The Balaban J connectivity index is 1.80. The highest BCUT2D eigenvalue weighted by Gasteiger charge is 2.21. The number of allylic oxidation sites excluding steroid dienone is 3. The summed E-state index contributed by atoms with van der Waals surface area (Å²) in [5.41, 5.74) is 4.96. The summed E-state index contributed by atoms with van der Waals surface area (Å²) < 4.78 is 1.56. The van der Waals surface area contributed by atoms with E-state index in [4.69, 9.17) is 0 Å². The molecule has 4 aromatic rings. The van der Waals surface area contributed by atoms with Crippen LogP contribution in [0.4, 0.5) is 0 Å². The van der Waals surface area contributed by atoms with E-state index in [-0.39, 0.29) is 11.6 Å². The number of nitrogens with one attached hydrogen (secondary N) is 1. The number of aromatic hydroxyl groups is 1. The minimum Gasteiger partial charge on any atom is -0.492 e. The maximum absolute atomic E-state index is 12.8. The highest BCUT2D eigenvalue weighted by molar-refractivity contribution is 5.97. The van der Waals surface area contributed by atoms with Gasteiger partial charge in [-0.1, -0.05) is 60.2 Å². The first-order chi connectivity index (χ1) is 15.6. The second-order valence-corrected chi connectivity index (χ2v) is 7.45. The summed E-state index contributed by atoms with van der Waals surface area (Å²) in [5, 5.41) is 13.7. The van der Waals surface area contributed by atoms with Crippen LogP contribution in [0.3, 0.4) is 0 Å². The number of nitrogens with zero attached hydrogens (tertiary/aromatic N) is 3. The van der Waals surface area contributed by atoms with Crippen molar-refractivity contribution in [3.8, 4) is 28.1 Å². The highest BCUT2D eigenvalue weighted by atomic mass is 16.3. The van der Waals surface area contributed by atoms with Gasteiger partial charge >= 0.3 is 0 Å². The molecule has 0 saturated heterocycles. The average Bonchev–Trinajstić information content (AvgIpc) is 3.18. The standard InChI is InChI=1S/C26H24N4O2/c1-3-4-9-18(2)15-28-25(31)23-26(32)30-17-21(19-10-6-5-7-11-19)14-22(24(30)29-23)20-12-8-13-27-16-20/h3-14,16-17,32H,15H2,1-2H3,(H,28,31)/b4-3-,18-9+. The van der Waals surface area contributed by atoms with Crippen LogP contribution in [0.15, 0.2) is 90.9 Å². The number of rotatable bonds is 6. The Labute approximate surface area is 186 Å². The highest BCUT2D eigenvalue weighted by Crippen LogP contribution is 2.33. The summed E-state index contributed by atoms with van der Waals surface area (Å²) in [6.07, 6.45) is 11.0. The molecule has 0 fully saturated rings. The zero-order valence-electron chi connectivity index (χ0n) is 18.0. The second kappa shape index (κ2) is 9.31. The van der Waals surface area contributed by atoms with Crippen molar-refractivity contribution < 1.29 is 9.90 Å². The molecule has 3 heterocycles. The van der Waals surface area contributed by atoms with E-state index in [0.717, 1.165) is 27.8 Å². The number of carbonyl (C=O) groups excluding carboxylic acids is 1. The minimum atomic E-state index is -0.433. The van der Waals surface area contributed by atoms with Crippen molar-refractivity contribution in [1.82, 2.24) is 19.7 Å². The average molecular weight is 425 g/mol. The first kappa shape index (κ1) is 21.1. The molecule has 0 unspecified atom stereocenters. The Kier molecular flexibility index (Phi) is 6.12. The quantitative estimate of drug-likeness (QED) is 0.426. The lowest BCUT2D eigenvalue weighted by Gasteiger charge is -2.09. The summed E-state index contributed by atoms with van der Waals surface area (Å²) in [6, 6.07) is 15.6. The van der Waals surface area contributed by atoms with Gasteiger partial charge in [-0.2, -0.15) is 0 Å². The molecule has 0 bridgehead atoms. The fourth-order valence-corrected chi connectivity index (χ4v) is 3.43. The fourth-order valence-electron chi connectivity index (χ4n) is 3.43. The number of pyridine rings is 2. The van der Waals surface area contributed by atoms with E-state index in [1.165, 1.54) is 0 Å². The number of hydrogen-bond donors (Lipinski definition) is 2. The van der Waals surface area contributed by atoms with Crippen LogP contribution in [0.2, 0.25) is 0 Å². The largest absolute Gasteiger partial charge is 0.492 e. The molecule has 0 radical (unpaired) electrons. The van der Waals surface area contributed by atoms with Gasteiger partial charge in [-0.05, 0) is 37.1 Å². The zero-order chi connectivity index (χ0) is 22.5. The summed E-state index contributed by atoms with van der Waals surface area (Å²) in [4.78, 5) is 21.5. The zero-order valence-corrected chi connectivity index (χ0v) is 18.0. The van der Waals surface area contributed by atoms with Crippen LogP contribution in [0, 0.1) is 0 Å². The lowest BCUT2D eigenvalue weighted by Crippen LogP contribution is -2.25. The fraction of sp³-hybridized carbons (Fsp3) is 0.115. The molecule has 0 aliphatic heterocycles. The van der Waals surface area contributed by atoms with Crippen molar-refractivity contribution in [3.63, 3.8) is 0 Å². The lowest BCUT2D eigenvalue weighted by atomic mass is 10.0. The van der Waals surface area contributed by atoms with Crippen molar-refractivity contribution in [3.05, 3.63) is 96.6 Å². The van der Waals surface area contributed by atoms with Crippen LogP contribution in [0.5, 0.6) is 5.88 Å². The van der Waals surface area contributed by atoms with Crippen molar-refractivity contribution >= 4 is 11.6 Å². The Hall–Kier alpha value is -4.19. The van der Waals surface area contributed by atoms with Crippen molar-refractivity contribution in [1.29, 1.82) is 0 Å². The predicted octanol–water partition coefficient (Wildman–Crippen LogP) is 5.02. The van der Waals surface area contributed by atoms with Gasteiger partial charge in [-0.15, -0.1) is 0 Å². The van der Waals surface area contributed by atoms with E-state index in [0.29, 0.717) is 12.2 Å². The Bertz CT molecular complexity index is 1310. The van der Waals surface area contributed by atoms with Crippen molar-refractivity contribution in [2.75, 3.05) is 6.54 Å². The molecule has 0 aliphatic rings. The topological polar surface area (TPSA) is 79.5 Å². The Morgan fingerprint density at radius 3 is 2.62 bits per heavy atom. The minimum absolute atomic E-state index is 0.0146. The third kappa shape index (κ3) is 4.30. The van der Waals surface area contributed by atoms with Crippen LogP contribution in [-0.2, 0) is 0 Å². The monoisotopic (exact) mass is 424 g/mol. The van der Waals surface area contributed by atoms with E-state index >= 15 is 0 Å². The number of aromatic nitrogens is 3. The molecule has 0 spiro atoms.